The highest BCUT2D eigenvalue weighted by Crippen LogP contribution is 2.27. The van der Waals surface area contributed by atoms with E-state index < -0.39 is 37.3 Å². The van der Waals surface area contributed by atoms with Crippen molar-refractivity contribution in [2.45, 2.75) is 121 Å². The Balaban J connectivity index is 1.67. The van der Waals surface area contributed by atoms with E-state index in [0.29, 0.717) is 17.7 Å². The van der Waals surface area contributed by atoms with Crippen molar-refractivity contribution in [3.8, 4) is 5.75 Å². The summed E-state index contributed by atoms with van der Waals surface area (Å²) in [4.78, 5) is 12.2. The first-order valence-electron chi connectivity index (χ1n) is 13.2. The number of unbranched alkanes of at least 4 members (excludes halogenated alkanes) is 10. The summed E-state index contributed by atoms with van der Waals surface area (Å²) in [5.41, 5.74) is 0.580. The van der Waals surface area contributed by atoms with Gasteiger partial charge in [-0.25, -0.2) is 0 Å². The van der Waals surface area contributed by atoms with Crippen LogP contribution in [0, 0.1) is 0 Å². The van der Waals surface area contributed by atoms with Crippen molar-refractivity contribution >= 4 is 5.97 Å². The molecule has 0 spiro atoms. The quantitative estimate of drug-likeness (QED) is 0.190. The highest BCUT2D eigenvalue weighted by molar-refractivity contribution is 5.69. The van der Waals surface area contributed by atoms with E-state index in [9.17, 15) is 25.2 Å². The van der Waals surface area contributed by atoms with Crippen molar-refractivity contribution in [1.82, 2.24) is 0 Å². The zero-order valence-electron chi connectivity index (χ0n) is 21.0. The largest absolute Gasteiger partial charge is 0.462 e. The van der Waals surface area contributed by atoms with Crippen LogP contribution >= 0.6 is 0 Å². The first-order valence-corrected chi connectivity index (χ1v) is 13.2. The molecule has 200 valence electrons. The van der Waals surface area contributed by atoms with Gasteiger partial charge >= 0.3 is 5.97 Å². The first kappa shape index (κ1) is 29.5. The predicted octanol–water partition coefficient (Wildman–Crippen LogP) is 3.61. The molecule has 0 aromatic heterocycles. The van der Waals surface area contributed by atoms with Gasteiger partial charge in [-0.05, 0) is 12.5 Å². The van der Waals surface area contributed by atoms with Gasteiger partial charge in [-0.2, -0.15) is 0 Å². The maximum absolute atomic E-state index is 12.2. The maximum Gasteiger partial charge on any atom is 0.306 e. The van der Waals surface area contributed by atoms with Gasteiger partial charge in [0.25, 0.3) is 0 Å². The van der Waals surface area contributed by atoms with Gasteiger partial charge in [-0.15, -0.1) is 0 Å². The SMILES string of the molecule is CCCCCCCCCCCCCC(=O)OCc1ccccc1O[C@@H]1O[C@H](CO)[C@@H](O)[C@H](O)[C@H]1O. The third-order valence-corrected chi connectivity index (χ3v) is 6.44. The molecule has 0 unspecified atom stereocenters. The lowest BCUT2D eigenvalue weighted by atomic mass is 9.99. The van der Waals surface area contributed by atoms with Crippen LogP contribution in [-0.2, 0) is 20.9 Å². The van der Waals surface area contributed by atoms with Gasteiger partial charge in [0.2, 0.25) is 6.29 Å². The Hall–Kier alpha value is -1.71. The lowest BCUT2D eigenvalue weighted by Gasteiger charge is -2.39. The molecule has 8 nitrogen and oxygen atoms in total. The maximum atomic E-state index is 12.2. The van der Waals surface area contributed by atoms with E-state index in [1.165, 1.54) is 51.4 Å². The second-order valence-electron chi connectivity index (χ2n) is 9.37. The summed E-state index contributed by atoms with van der Waals surface area (Å²) in [7, 11) is 0. The minimum atomic E-state index is -1.53. The fraction of sp³-hybridized carbons (Fsp3) is 0.741. The number of para-hydroxylation sites is 1. The molecule has 1 heterocycles. The second-order valence-corrected chi connectivity index (χ2v) is 9.37. The number of benzene rings is 1. The van der Waals surface area contributed by atoms with Crippen molar-refractivity contribution in [3.63, 3.8) is 0 Å². The smallest absolute Gasteiger partial charge is 0.306 e. The highest BCUT2D eigenvalue weighted by atomic mass is 16.7. The zero-order valence-corrected chi connectivity index (χ0v) is 21.0. The molecule has 0 aliphatic carbocycles. The molecule has 1 aromatic rings. The van der Waals surface area contributed by atoms with Crippen LogP contribution in [0.2, 0.25) is 0 Å². The molecule has 1 saturated heterocycles. The Morgan fingerprint density at radius 3 is 2.09 bits per heavy atom. The standard InChI is InChI=1S/C27H44O8/c1-2-3-4-5-6-7-8-9-10-11-12-17-23(29)33-19-20-15-13-14-16-21(20)34-27-26(32)25(31)24(30)22(18-28)35-27/h13-16,22,24-28,30-32H,2-12,17-19H2,1H3/t22-,24-,25+,26-,27-/m1/s1. The van der Waals surface area contributed by atoms with Gasteiger partial charge in [0, 0.05) is 12.0 Å². The van der Waals surface area contributed by atoms with Crippen LogP contribution in [0.1, 0.15) is 89.5 Å². The number of ether oxygens (including phenoxy) is 3. The number of rotatable bonds is 17. The van der Waals surface area contributed by atoms with Gasteiger partial charge in [-0.1, -0.05) is 89.3 Å². The highest BCUT2D eigenvalue weighted by Gasteiger charge is 2.44. The lowest BCUT2D eigenvalue weighted by Crippen LogP contribution is -2.60. The Bertz CT molecular complexity index is 710. The molecule has 2 rings (SSSR count). The third kappa shape index (κ3) is 10.4. The molecule has 35 heavy (non-hydrogen) atoms. The number of aliphatic hydroxyl groups is 4. The van der Waals surface area contributed by atoms with E-state index in [-0.39, 0.29) is 12.6 Å². The van der Waals surface area contributed by atoms with E-state index in [0.717, 1.165) is 19.3 Å². The normalized spacial score (nSPS) is 24.3. The molecule has 0 saturated carbocycles. The van der Waals surface area contributed by atoms with Crippen molar-refractivity contribution in [1.29, 1.82) is 0 Å². The third-order valence-electron chi connectivity index (χ3n) is 6.44. The number of carbonyl (C=O) groups is 1. The topological polar surface area (TPSA) is 126 Å². The summed E-state index contributed by atoms with van der Waals surface area (Å²) in [6.45, 7) is 1.70. The molecule has 1 aromatic carbocycles. The average Bonchev–Trinajstić information content (AvgIpc) is 2.87. The molecule has 4 N–H and O–H groups in total. The van der Waals surface area contributed by atoms with Crippen LogP contribution in [0.15, 0.2) is 24.3 Å². The number of hydrogen-bond acceptors (Lipinski definition) is 8. The summed E-state index contributed by atoms with van der Waals surface area (Å²) in [6.07, 6.45) is 6.90. The van der Waals surface area contributed by atoms with E-state index in [4.69, 9.17) is 14.2 Å². The predicted molar refractivity (Wildman–Crippen MR) is 132 cm³/mol. The second kappa shape index (κ2) is 16.9. The zero-order chi connectivity index (χ0) is 25.5. The minimum Gasteiger partial charge on any atom is -0.462 e. The van der Waals surface area contributed by atoms with Crippen LogP contribution in [0.5, 0.6) is 5.75 Å². The Labute approximate surface area is 209 Å². The molecule has 0 amide bonds. The molecule has 0 radical (unpaired) electrons. The minimum absolute atomic E-state index is 0.00442. The molecule has 0 bridgehead atoms. The van der Waals surface area contributed by atoms with Crippen LogP contribution in [0.4, 0.5) is 0 Å². The summed E-state index contributed by atoms with van der Waals surface area (Å²) in [5, 5.41) is 39.4. The molecular formula is C27H44O8. The van der Waals surface area contributed by atoms with Gasteiger partial charge in [0.05, 0.1) is 6.61 Å². The van der Waals surface area contributed by atoms with E-state index in [2.05, 4.69) is 6.92 Å². The summed E-state index contributed by atoms with van der Waals surface area (Å²) < 4.78 is 16.5. The van der Waals surface area contributed by atoms with Gasteiger partial charge in [0.15, 0.2) is 0 Å². The number of hydrogen-bond donors (Lipinski definition) is 4. The average molecular weight is 497 g/mol. The number of carbonyl (C=O) groups excluding carboxylic acids is 1. The lowest BCUT2D eigenvalue weighted by molar-refractivity contribution is -0.277. The summed E-state index contributed by atoms with van der Waals surface area (Å²) >= 11 is 0. The van der Waals surface area contributed by atoms with Gasteiger partial charge in [-0.3, -0.25) is 4.79 Å². The van der Waals surface area contributed by atoms with Crippen LogP contribution in [-0.4, -0.2) is 63.7 Å². The van der Waals surface area contributed by atoms with Crippen molar-refractivity contribution < 1.29 is 39.4 Å². The fourth-order valence-electron chi connectivity index (χ4n) is 4.19. The molecule has 8 heteroatoms. The fourth-order valence-corrected chi connectivity index (χ4v) is 4.19. The van der Waals surface area contributed by atoms with Gasteiger partial charge in [0.1, 0.15) is 36.8 Å². The molecule has 5 atom stereocenters. The number of aliphatic hydroxyl groups excluding tert-OH is 4. The first-order chi connectivity index (χ1) is 17.0. The van der Waals surface area contributed by atoms with Crippen LogP contribution in [0.25, 0.3) is 0 Å². The van der Waals surface area contributed by atoms with Crippen LogP contribution in [0.3, 0.4) is 0 Å². The van der Waals surface area contributed by atoms with Crippen LogP contribution < -0.4 is 4.74 Å². The molecule has 1 fully saturated rings. The van der Waals surface area contributed by atoms with Crippen molar-refractivity contribution in [2.24, 2.45) is 0 Å². The van der Waals surface area contributed by atoms with E-state index in [1.54, 1.807) is 24.3 Å². The Morgan fingerprint density at radius 1 is 0.857 bits per heavy atom. The summed E-state index contributed by atoms with van der Waals surface area (Å²) in [5.74, 6) is 0.0443. The number of esters is 1. The molecule has 1 aliphatic rings. The van der Waals surface area contributed by atoms with E-state index >= 15 is 0 Å². The van der Waals surface area contributed by atoms with Gasteiger partial charge < -0.3 is 34.6 Å². The van der Waals surface area contributed by atoms with E-state index in [1.807, 2.05) is 0 Å². The summed E-state index contributed by atoms with van der Waals surface area (Å²) in [6, 6.07) is 6.85. The Kier molecular flexibility index (Phi) is 14.2. The van der Waals surface area contributed by atoms with Crippen molar-refractivity contribution in [3.05, 3.63) is 29.8 Å². The van der Waals surface area contributed by atoms with Crippen molar-refractivity contribution in [2.75, 3.05) is 6.61 Å². The molecular weight excluding hydrogens is 452 g/mol. The molecule has 1 aliphatic heterocycles. The Morgan fingerprint density at radius 2 is 1.46 bits per heavy atom. The monoisotopic (exact) mass is 496 g/mol.